The van der Waals surface area contributed by atoms with E-state index in [2.05, 4.69) is 10.6 Å². The molecule has 1 aliphatic heterocycles. The second-order valence-corrected chi connectivity index (χ2v) is 11.2. The van der Waals surface area contributed by atoms with Crippen LogP contribution in [0.5, 0.6) is 0 Å². The summed E-state index contributed by atoms with van der Waals surface area (Å²) in [6.45, 7) is 1.09. The highest BCUT2D eigenvalue weighted by molar-refractivity contribution is 6.02. The molecule has 2 N–H and O–H groups in total. The van der Waals surface area contributed by atoms with Gasteiger partial charge in [0, 0.05) is 18.8 Å². The molecule has 3 amide bonds. The van der Waals surface area contributed by atoms with E-state index in [0.29, 0.717) is 36.5 Å². The van der Waals surface area contributed by atoms with Crippen molar-refractivity contribution in [1.82, 2.24) is 10.2 Å². The lowest BCUT2D eigenvalue weighted by molar-refractivity contribution is -0.160. The Morgan fingerprint density at radius 2 is 1.66 bits per heavy atom. The van der Waals surface area contributed by atoms with Crippen LogP contribution in [-0.2, 0) is 16.1 Å². The first-order chi connectivity index (χ1) is 17.0. The molecule has 0 spiro atoms. The molecule has 2 aromatic rings. The predicted octanol–water partition coefficient (Wildman–Crippen LogP) is 4.36. The van der Waals surface area contributed by atoms with Crippen molar-refractivity contribution in [3.05, 3.63) is 54.0 Å². The van der Waals surface area contributed by atoms with E-state index in [1.807, 2.05) is 17.0 Å². The van der Waals surface area contributed by atoms with Gasteiger partial charge in [0.05, 0.1) is 11.7 Å². The first kappa shape index (κ1) is 22.4. The zero-order valence-electron chi connectivity index (χ0n) is 20.0. The van der Waals surface area contributed by atoms with Gasteiger partial charge in [-0.1, -0.05) is 12.1 Å². The number of likely N-dealkylation sites (tertiary alicyclic amines) is 1. The van der Waals surface area contributed by atoms with Crippen LogP contribution in [0.15, 0.2) is 47.1 Å². The Hall–Kier alpha value is -3.09. The number of rotatable bonds is 6. The third-order valence-corrected chi connectivity index (χ3v) is 8.73. The first-order valence-electron chi connectivity index (χ1n) is 13.0. The summed E-state index contributed by atoms with van der Waals surface area (Å²) in [5.74, 6) is 2.29. The Morgan fingerprint density at radius 3 is 2.29 bits per heavy atom. The predicted molar refractivity (Wildman–Crippen MR) is 130 cm³/mol. The molecule has 4 aliphatic carbocycles. The van der Waals surface area contributed by atoms with E-state index in [1.54, 1.807) is 24.3 Å². The van der Waals surface area contributed by atoms with Crippen LogP contribution in [0.1, 0.15) is 67.5 Å². The maximum Gasteiger partial charge on any atom is 0.291 e. The van der Waals surface area contributed by atoms with Gasteiger partial charge in [-0.2, -0.15) is 0 Å². The zero-order chi connectivity index (χ0) is 24.0. The molecular formula is C28H33N3O4. The van der Waals surface area contributed by atoms with Gasteiger partial charge < -0.3 is 20.0 Å². The average Bonchev–Trinajstić information content (AvgIpc) is 3.55. The standard InChI is InChI=1S/C28H33N3O4/c32-25(29-17-18-5-7-22(8-6-18)30-26(33)24-4-2-10-35-24)23-3-1-9-31(23)27(34)28-14-19-11-20(15-28)13-21(12-19)16-28/h2,4-8,10,19-21,23H,1,3,9,11-17H2,(H,29,32)(H,30,33). The number of benzene rings is 1. The van der Waals surface area contributed by atoms with Crippen LogP contribution >= 0.6 is 0 Å². The Bertz CT molecular complexity index is 1070. The summed E-state index contributed by atoms with van der Waals surface area (Å²) >= 11 is 0. The van der Waals surface area contributed by atoms with E-state index in [4.69, 9.17) is 4.42 Å². The number of amides is 3. The molecule has 1 aromatic heterocycles. The van der Waals surface area contributed by atoms with Gasteiger partial charge in [-0.25, -0.2) is 0 Å². The van der Waals surface area contributed by atoms with Gasteiger partial charge in [-0.15, -0.1) is 0 Å². The number of carbonyl (C=O) groups is 3. The lowest BCUT2D eigenvalue weighted by Crippen LogP contribution is -2.57. The molecule has 0 radical (unpaired) electrons. The number of carbonyl (C=O) groups excluding carboxylic acids is 3. The maximum atomic E-state index is 13.8. The van der Waals surface area contributed by atoms with E-state index in [-0.39, 0.29) is 34.9 Å². The normalized spacial score (nSPS) is 30.9. The first-order valence-corrected chi connectivity index (χ1v) is 13.0. The van der Waals surface area contributed by atoms with Crippen LogP contribution in [0.25, 0.3) is 0 Å². The molecule has 1 unspecified atom stereocenters. The summed E-state index contributed by atoms with van der Waals surface area (Å²) < 4.78 is 5.11. The van der Waals surface area contributed by atoms with Crippen LogP contribution in [0.4, 0.5) is 5.69 Å². The molecule has 184 valence electrons. The average molecular weight is 476 g/mol. The van der Waals surface area contributed by atoms with Gasteiger partial charge in [0.2, 0.25) is 11.8 Å². The van der Waals surface area contributed by atoms with Gasteiger partial charge in [-0.05, 0) is 98.9 Å². The topological polar surface area (TPSA) is 91.7 Å². The molecule has 7 heteroatoms. The summed E-state index contributed by atoms with van der Waals surface area (Å²) in [7, 11) is 0. The van der Waals surface area contributed by atoms with Crippen LogP contribution in [-0.4, -0.2) is 35.2 Å². The lowest BCUT2D eigenvalue weighted by Gasteiger charge is -2.56. The summed E-state index contributed by atoms with van der Waals surface area (Å²) in [6.07, 6.45) is 10.1. The number of nitrogens with one attached hydrogen (secondary N) is 2. The van der Waals surface area contributed by atoms with E-state index in [1.165, 1.54) is 25.5 Å². The molecule has 7 nitrogen and oxygen atoms in total. The summed E-state index contributed by atoms with van der Waals surface area (Å²) in [4.78, 5) is 41.0. The molecule has 1 saturated heterocycles. The minimum Gasteiger partial charge on any atom is -0.459 e. The van der Waals surface area contributed by atoms with Gasteiger partial charge >= 0.3 is 0 Å². The van der Waals surface area contributed by atoms with E-state index in [0.717, 1.165) is 37.7 Å². The molecule has 1 atom stereocenters. The van der Waals surface area contributed by atoms with Crippen LogP contribution in [0, 0.1) is 23.2 Å². The fourth-order valence-electron chi connectivity index (χ4n) is 7.57. The lowest BCUT2D eigenvalue weighted by atomic mass is 9.49. The molecule has 5 fully saturated rings. The number of hydrogen-bond acceptors (Lipinski definition) is 4. The second kappa shape index (κ2) is 8.85. The van der Waals surface area contributed by atoms with Crippen molar-refractivity contribution in [1.29, 1.82) is 0 Å². The quantitative estimate of drug-likeness (QED) is 0.650. The zero-order valence-corrected chi connectivity index (χ0v) is 20.0. The molecule has 4 bridgehead atoms. The van der Waals surface area contributed by atoms with Gasteiger partial charge in [0.1, 0.15) is 6.04 Å². The van der Waals surface area contributed by atoms with Crippen LogP contribution in [0.3, 0.4) is 0 Å². The fraction of sp³-hybridized carbons (Fsp3) is 0.536. The second-order valence-electron chi connectivity index (χ2n) is 11.2. The molecule has 2 heterocycles. The number of nitrogens with zero attached hydrogens (tertiary/aromatic N) is 1. The van der Waals surface area contributed by atoms with Crippen molar-refractivity contribution in [2.24, 2.45) is 23.2 Å². The Kier molecular flexibility index (Phi) is 5.66. The summed E-state index contributed by atoms with van der Waals surface area (Å²) in [5, 5.41) is 5.84. The van der Waals surface area contributed by atoms with Crippen molar-refractivity contribution < 1.29 is 18.8 Å². The number of hydrogen-bond donors (Lipinski definition) is 2. The Labute approximate surface area is 205 Å². The Balaban J connectivity index is 1.05. The van der Waals surface area contributed by atoms with Gasteiger partial charge in [0.15, 0.2) is 5.76 Å². The van der Waals surface area contributed by atoms with Crippen molar-refractivity contribution in [3.8, 4) is 0 Å². The molecule has 5 aliphatic rings. The van der Waals surface area contributed by atoms with E-state index >= 15 is 0 Å². The van der Waals surface area contributed by atoms with Crippen LogP contribution in [0.2, 0.25) is 0 Å². The van der Waals surface area contributed by atoms with Crippen molar-refractivity contribution in [2.75, 3.05) is 11.9 Å². The Morgan fingerprint density at radius 1 is 0.971 bits per heavy atom. The molecule has 7 rings (SSSR count). The van der Waals surface area contributed by atoms with Crippen molar-refractivity contribution in [3.63, 3.8) is 0 Å². The number of furan rings is 1. The number of anilines is 1. The monoisotopic (exact) mass is 475 g/mol. The highest BCUT2D eigenvalue weighted by Gasteiger charge is 2.56. The fourth-order valence-corrected chi connectivity index (χ4v) is 7.57. The highest BCUT2D eigenvalue weighted by Crippen LogP contribution is 2.60. The maximum absolute atomic E-state index is 13.8. The molecule has 35 heavy (non-hydrogen) atoms. The third-order valence-electron chi connectivity index (χ3n) is 8.73. The van der Waals surface area contributed by atoms with Gasteiger partial charge in [-0.3, -0.25) is 14.4 Å². The largest absolute Gasteiger partial charge is 0.459 e. The van der Waals surface area contributed by atoms with Crippen molar-refractivity contribution in [2.45, 2.75) is 64.0 Å². The minimum atomic E-state index is -0.359. The molecule has 1 aromatic carbocycles. The smallest absolute Gasteiger partial charge is 0.291 e. The summed E-state index contributed by atoms with van der Waals surface area (Å²) in [5.41, 5.74) is 1.39. The third kappa shape index (κ3) is 4.26. The molecular weight excluding hydrogens is 442 g/mol. The van der Waals surface area contributed by atoms with Crippen LogP contribution < -0.4 is 10.6 Å². The SMILES string of the molecule is O=C(Nc1ccc(CNC(=O)C2CCCN2C(=O)C23CC4CC(CC(C4)C2)C3)cc1)c1ccco1. The highest BCUT2D eigenvalue weighted by atomic mass is 16.3. The van der Waals surface area contributed by atoms with Gasteiger partial charge in [0.25, 0.3) is 5.91 Å². The van der Waals surface area contributed by atoms with E-state index < -0.39 is 0 Å². The molecule has 4 saturated carbocycles. The summed E-state index contributed by atoms with van der Waals surface area (Å²) in [6, 6.07) is 10.3. The van der Waals surface area contributed by atoms with E-state index in [9.17, 15) is 14.4 Å². The minimum absolute atomic E-state index is 0.0595. The van der Waals surface area contributed by atoms with Crippen molar-refractivity contribution >= 4 is 23.4 Å².